The summed E-state index contributed by atoms with van der Waals surface area (Å²) in [4.78, 5) is 8.64. The Morgan fingerprint density at radius 1 is 0.958 bits per heavy atom. The highest BCUT2D eigenvalue weighted by atomic mass is 19.1. The summed E-state index contributed by atoms with van der Waals surface area (Å²) < 4.78 is 13.0. The number of rotatable bonds is 4. The molecule has 0 saturated heterocycles. The summed E-state index contributed by atoms with van der Waals surface area (Å²) in [7, 11) is 0. The van der Waals surface area contributed by atoms with Crippen LogP contribution in [0.25, 0.3) is 0 Å². The molecule has 0 unspecified atom stereocenters. The van der Waals surface area contributed by atoms with E-state index in [1.807, 2.05) is 12.1 Å². The van der Waals surface area contributed by atoms with Gasteiger partial charge in [0.25, 0.3) is 0 Å². The Morgan fingerprint density at radius 3 is 2.33 bits per heavy atom. The molecule has 0 aliphatic carbocycles. The third-order valence-electron chi connectivity index (χ3n) is 3.26. The predicted octanol–water partition coefficient (Wildman–Crippen LogP) is 4.28. The summed E-state index contributed by atoms with van der Waals surface area (Å²) in [5, 5.41) is 15.4. The van der Waals surface area contributed by atoms with Crippen LogP contribution in [0.2, 0.25) is 0 Å². The van der Waals surface area contributed by atoms with Crippen molar-refractivity contribution < 1.29 is 4.39 Å². The van der Waals surface area contributed by atoms with Gasteiger partial charge in [-0.05, 0) is 43.3 Å². The van der Waals surface area contributed by atoms with E-state index in [0.29, 0.717) is 28.7 Å². The van der Waals surface area contributed by atoms with Gasteiger partial charge in [0.2, 0.25) is 0 Å². The van der Waals surface area contributed by atoms with Gasteiger partial charge in [0.1, 0.15) is 29.3 Å². The molecule has 0 bridgehead atoms. The third kappa shape index (κ3) is 3.65. The highest BCUT2D eigenvalue weighted by Crippen LogP contribution is 2.22. The van der Waals surface area contributed by atoms with Crippen LogP contribution in [0.15, 0.2) is 54.6 Å². The maximum absolute atomic E-state index is 13.0. The molecule has 0 amide bonds. The van der Waals surface area contributed by atoms with E-state index in [1.165, 1.54) is 12.1 Å². The minimum atomic E-state index is -0.296. The number of hydrogen-bond acceptors (Lipinski definition) is 5. The molecule has 1 aromatic heterocycles. The Balaban J connectivity index is 1.86. The molecular formula is C18H14FN5. The van der Waals surface area contributed by atoms with Crippen LogP contribution in [0.3, 0.4) is 0 Å². The number of benzene rings is 2. The van der Waals surface area contributed by atoms with Crippen molar-refractivity contribution in [3.8, 4) is 6.07 Å². The summed E-state index contributed by atoms with van der Waals surface area (Å²) in [5.41, 5.74) is 1.92. The first-order valence-electron chi connectivity index (χ1n) is 7.28. The van der Waals surface area contributed by atoms with Gasteiger partial charge in [0, 0.05) is 11.8 Å². The Bertz CT molecular complexity index is 900. The fraction of sp³-hybridized carbons (Fsp3) is 0.0556. The lowest BCUT2D eigenvalue weighted by molar-refractivity contribution is 0.628. The number of anilines is 4. The second-order valence-electron chi connectivity index (χ2n) is 5.10. The molecule has 2 aromatic carbocycles. The maximum atomic E-state index is 13.0. The van der Waals surface area contributed by atoms with Crippen LogP contribution < -0.4 is 10.6 Å². The van der Waals surface area contributed by atoms with E-state index in [9.17, 15) is 4.39 Å². The van der Waals surface area contributed by atoms with Crippen molar-refractivity contribution in [1.82, 2.24) is 9.97 Å². The highest BCUT2D eigenvalue weighted by Gasteiger charge is 2.06. The van der Waals surface area contributed by atoms with Crippen molar-refractivity contribution in [2.24, 2.45) is 0 Å². The summed E-state index contributed by atoms with van der Waals surface area (Å²) >= 11 is 0. The first-order chi connectivity index (χ1) is 11.6. The Labute approximate surface area is 138 Å². The zero-order valence-electron chi connectivity index (χ0n) is 12.9. The van der Waals surface area contributed by atoms with Crippen LogP contribution in [0.1, 0.15) is 11.4 Å². The van der Waals surface area contributed by atoms with E-state index in [0.717, 1.165) is 5.69 Å². The number of nitrogens with one attached hydrogen (secondary N) is 2. The number of para-hydroxylation sites is 1. The van der Waals surface area contributed by atoms with E-state index in [2.05, 4.69) is 26.7 Å². The molecule has 2 N–H and O–H groups in total. The topological polar surface area (TPSA) is 73.6 Å². The highest BCUT2D eigenvalue weighted by molar-refractivity contribution is 5.67. The van der Waals surface area contributed by atoms with Crippen LogP contribution in [0.4, 0.5) is 27.4 Å². The summed E-state index contributed by atoms with van der Waals surface area (Å²) in [6.45, 7) is 1.78. The quantitative estimate of drug-likeness (QED) is 0.750. The molecule has 0 saturated carbocycles. The fourth-order valence-corrected chi connectivity index (χ4v) is 2.20. The van der Waals surface area contributed by atoms with Crippen molar-refractivity contribution in [2.75, 3.05) is 10.6 Å². The van der Waals surface area contributed by atoms with E-state index in [1.54, 1.807) is 37.3 Å². The smallest absolute Gasteiger partial charge is 0.136 e. The van der Waals surface area contributed by atoms with Crippen molar-refractivity contribution in [3.05, 3.63) is 71.8 Å². The maximum Gasteiger partial charge on any atom is 0.136 e. The normalized spacial score (nSPS) is 10.0. The molecule has 3 rings (SSSR count). The summed E-state index contributed by atoms with van der Waals surface area (Å²) in [6.07, 6.45) is 0. The number of hydrogen-bond donors (Lipinski definition) is 2. The molecule has 1 heterocycles. The lowest BCUT2D eigenvalue weighted by Crippen LogP contribution is -2.02. The lowest BCUT2D eigenvalue weighted by Gasteiger charge is -2.11. The number of nitrogens with zero attached hydrogens (tertiary/aromatic N) is 3. The second kappa shape index (κ2) is 6.75. The summed E-state index contributed by atoms with van der Waals surface area (Å²) in [6, 6.07) is 17.0. The summed E-state index contributed by atoms with van der Waals surface area (Å²) in [5.74, 6) is 1.41. The number of nitriles is 1. The van der Waals surface area contributed by atoms with Gasteiger partial charge in [0.05, 0.1) is 11.3 Å². The van der Waals surface area contributed by atoms with Crippen molar-refractivity contribution in [3.63, 3.8) is 0 Å². The predicted molar refractivity (Wildman–Crippen MR) is 90.9 cm³/mol. The third-order valence-corrected chi connectivity index (χ3v) is 3.26. The number of aryl methyl sites for hydroxylation is 1. The van der Waals surface area contributed by atoms with Crippen molar-refractivity contribution >= 4 is 23.0 Å². The molecule has 0 fully saturated rings. The minimum Gasteiger partial charge on any atom is -0.340 e. The van der Waals surface area contributed by atoms with Gasteiger partial charge < -0.3 is 10.6 Å². The molecule has 0 aliphatic heterocycles. The van der Waals surface area contributed by atoms with Gasteiger partial charge in [-0.25, -0.2) is 14.4 Å². The van der Waals surface area contributed by atoms with Crippen molar-refractivity contribution in [2.45, 2.75) is 6.92 Å². The largest absolute Gasteiger partial charge is 0.340 e. The molecule has 0 radical (unpaired) electrons. The number of halogens is 1. The Morgan fingerprint density at radius 2 is 1.62 bits per heavy atom. The van der Waals surface area contributed by atoms with E-state index in [4.69, 9.17) is 5.26 Å². The molecule has 0 spiro atoms. The molecule has 118 valence electrons. The first kappa shape index (κ1) is 15.4. The SMILES string of the molecule is Cc1nc(Nc2ccc(F)cc2)cc(Nc2ccccc2C#N)n1. The molecule has 5 nitrogen and oxygen atoms in total. The van der Waals surface area contributed by atoms with Crippen LogP contribution >= 0.6 is 0 Å². The van der Waals surface area contributed by atoms with Crippen LogP contribution in [-0.4, -0.2) is 9.97 Å². The molecule has 3 aromatic rings. The molecule has 0 aliphatic rings. The van der Waals surface area contributed by atoms with E-state index >= 15 is 0 Å². The average molecular weight is 319 g/mol. The van der Waals surface area contributed by atoms with Gasteiger partial charge in [-0.15, -0.1) is 0 Å². The standard InChI is InChI=1S/C18H14FN5/c1-12-21-17(23-15-8-6-14(19)7-9-15)10-18(22-12)24-16-5-3-2-4-13(16)11-20/h2-10H,1H3,(H2,21,22,23,24). The van der Waals surface area contributed by atoms with Gasteiger partial charge in [-0.3, -0.25) is 0 Å². The zero-order chi connectivity index (χ0) is 16.9. The Hall–Kier alpha value is -3.46. The molecule has 24 heavy (non-hydrogen) atoms. The van der Waals surface area contributed by atoms with Gasteiger partial charge in [-0.1, -0.05) is 12.1 Å². The number of aromatic nitrogens is 2. The molecule has 0 atom stereocenters. The average Bonchev–Trinajstić information content (AvgIpc) is 2.57. The molecular weight excluding hydrogens is 305 g/mol. The minimum absolute atomic E-state index is 0.296. The second-order valence-corrected chi connectivity index (χ2v) is 5.10. The van der Waals surface area contributed by atoms with Crippen LogP contribution in [0.5, 0.6) is 0 Å². The van der Waals surface area contributed by atoms with Gasteiger partial charge >= 0.3 is 0 Å². The zero-order valence-corrected chi connectivity index (χ0v) is 12.9. The van der Waals surface area contributed by atoms with Crippen molar-refractivity contribution in [1.29, 1.82) is 5.26 Å². The van der Waals surface area contributed by atoms with E-state index < -0.39 is 0 Å². The fourth-order valence-electron chi connectivity index (χ4n) is 2.20. The monoisotopic (exact) mass is 319 g/mol. The van der Waals surface area contributed by atoms with Gasteiger partial charge in [-0.2, -0.15) is 5.26 Å². The first-order valence-corrected chi connectivity index (χ1v) is 7.28. The Kier molecular flexibility index (Phi) is 4.34. The molecule has 6 heteroatoms. The van der Waals surface area contributed by atoms with E-state index in [-0.39, 0.29) is 5.82 Å². The van der Waals surface area contributed by atoms with Crippen LogP contribution in [-0.2, 0) is 0 Å². The lowest BCUT2D eigenvalue weighted by atomic mass is 10.2. The van der Waals surface area contributed by atoms with Gasteiger partial charge in [0.15, 0.2) is 0 Å². The van der Waals surface area contributed by atoms with Crippen LogP contribution in [0, 0.1) is 24.1 Å².